The zero-order chi connectivity index (χ0) is 7.66. The van der Waals surface area contributed by atoms with E-state index in [2.05, 4.69) is 13.2 Å². The lowest BCUT2D eigenvalue weighted by Gasteiger charge is -1.96. The smallest absolute Gasteiger partial charge is 0.00454 e. The molecule has 0 radical (unpaired) electrons. The highest BCUT2D eigenvalue weighted by atomic mass is 33.7. The third-order valence-electron chi connectivity index (χ3n) is 0.975. The predicted octanol–water partition coefficient (Wildman–Crippen LogP) is 4.48. The Morgan fingerprint density at radius 1 is 1.10 bits per heavy atom. The second-order valence-electron chi connectivity index (χ2n) is 1.83. The monoisotopic (exact) mass is 214 g/mol. The van der Waals surface area contributed by atoms with Gasteiger partial charge in [-0.15, -0.1) is 0 Å². The highest BCUT2D eigenvalue weighted by Crippen LogP contribution is 2.41. The molecule has 0 saturated carbocycles. The first-order chi connectivity index (χ1) is 4.91. The highest BCUT2D eigenvalue weighted by molar-refractivity contribution is 9.26. The van der Waals surface area contributed by atoms with Crippen LogP contribution in [-0.2, 0) is 0 Å². The second kappa shape index (κ2) is 10.4. The third kappa shape index (κ3) is 9.40. The molecule has 0 aromatic rings. The van der Waals surface area contributed by atoms with Crippen LogP contribution in [0.2, 0.25) is 0 Å². The van der Waals surface area contributed by atoms with E-state index in [0.29, 0.717) is 0 Å². The minimum atomic E-state index is 1.31. The van der Waals surface area contributed by atoms with E-state index in [-0.39, 0.29) is 0 Å². The van der Waals surface area contributed by atoms with Crippen molar-refractivity contribution >= 4 is 41.2 Å². The van der Waals surface area contributed by atoms with Gasteiger partial charge in [-0.2, -0.15) is 0 Å². The maximum absolute atomic E-state index is 2.24. The quantitative estimate of drug-likeness (QED) is 0.452. The Kier molecular flexibility index (Phi) is 11.9. The molecule has 0 saturated heterocycles. The maximum atomic E-state index is 2.24. The van der Waals surface area contributed by atoms with Gasteiger partial charge in [0.05, 0.1) is 0 Å². The first-order valence-electron chi connectivity index (χ1n) is 3.40. The minimum Gasteiger partial charge on any atom is -0.0852 e. The molecule has 0 spiro atoms. The SMILES string of the molecule is CCCCCSSSSC. The maximum Gasteiger partial charge on any atom is 0.00454 e. The van der Waals surface area contributed by atoms with Crippen LogP contribution >= 0.6 is 41.2 Å². The Balaban J connectivity index is 2.65. The highest BCUT2D eigenvalue weighted by Gasteiger charge is 1.89. The lowest BCUT2D eigenvalue weighted by atomic mass is 10.3. The number of unbranched alkanes of at least 4 members (excludes halogenated alkanes) is 2. The molecule has 0 unspecified atom stereocenters. The Morgan fingerprint density at radius 2 is 1.90 bits per heavy atom. The second-order valence-corrected chi connectivity index (χ2v) is 8.05. The van der Waals surface area contributed by atoms with Crippen LogP contribution in [0.25, 0.3) is 0 Å². The van der Waals surface area contributed by atoms with Crippen molar-refractivity contribution in [3.63, 3.8) is 0 Å². The van der Waals surface area contributed by atoms with Gasteiger partial charge in [0.25, 0.3) is 0 Å². The summed E-state index contributed by atoms with van der Waals surface area (Å²) in [5.74, 6) is 1.31. The molecule has 0 amide bonds. The molecule has 0 atom stereocenters. The van der Waals surface area contributed by atoms with Gasteiger partial charge in [-0.25, -0.2) is 0 Å². The summed E-state index contributed by atoms with van der Waals surface area (Å²) in [6.45, 7) is 2.24. The molecule has 0 aromatic carbocycles. The van der Waals surface area contributed by atoms with Gasteiger partial charge < -0.3 is 0 Å². The molecule has 0 N–H and O–H groups in total. The van der Waals surface area contributed by atoms with Gasteiger partial charge in [0.15, 0.2) is 0 Å². The van der Waals surface area contributed by atoms with Crippen LogP contribution in [0.1, 0.15) is 26.2 Å². The molecule has 0 aromatic heterocycles. The molecule has 0 fully saturated rings. The van der Waals surface area contributed by atoms with E-state index >= 15 is 0 Å². The first kappa shape index (κ1) is 11.4. The molecule has 0 aliphatic rings. The average Bonchev–Trinajstić information content (AvgIpc) is 1.97. The van der Waals surface area contributed by atoms with Gasteiger partial charge in [0.2, 0.25) is 0 Å². The van der Waals surface area contributed by atoms with E-state index in [1.54, 1.807) is 0 Å². The van der Waals surface area contributed by atoms with Crippen LogP contribution < -0.4 is 0 Å². The summed E-state index contributed by atoms with van der Waals surface area (Å²) in [7, 11) is 7.56. The normalized spacial score (nSPS) is 10.2. The summed E-state index contributed by atoms with van der Waals surface area (Å²) < 4.78 is 0. The van der Waals surface area contributed by atoms with E-state index in [1.807, 2.05) is 41.2 Å². The van der Waals surface area contributed by atoms with Gasteiger partial charge >= 0.3 is 0 Å². The standard InChI is InChI=1S/C6H14S4/c1-3-4-5-6-8-10-9-7-2/h3-6H2,1-2H3. The lowest BCUT2D eigenvalue weighted by Crippen LogP contribution is -1.74. The summed E-state index contributed by atoms with van der Waals surface area (Å²) in [5, 5.41) is 0. The van der Waals surface area contributed by atoms with E-state index in [4.69, 9.17) is 0 Å². The molecular weight excluding hydrogens is 200 g/mol. The lowest BCUT2D eigenvalue weighted by molar-refractivity contribution is 0.780. The molecule has 0 aliphatic heterocycles. The minimum absolute atomic E-state index is 1.31. The summed E-state index contributed by atoms with van der Waals surface area (Å²) in [6, 6.07) is 0. The Labute approximate surface area is 79.3 Å². The van der Waals surface area contributed by atoms with Crippen LogP contribution in [0, 0.1) is 0 Å². The molecule has 0 nitrogen and oxygen atoms in total. The van der Waals surface area contributed by atoms with E-state index < -0.39 is 0 Å². The van der Waals surface area contributed by atoms with Gasteiger partial charge in [0, 0.05) is 5.75 Å². The van der Waals surface area contributed by atoms with Crippen LogP contribution in [-0.4, -0.2) is 12.0 Å². The van der Waals surface area contributed by atoms with Gasteiger partial charge in [-0.3, -0.25) is 0 Å². The number of hydrogen-bond acceptors (Lipinski definition) is 4. The Hall–Kier alpha value is 1.40. The van der Waals surface area contributed by atoms with Crippen LogP contribution in [0.3, 0.4) is 0 Å². The van der Waals surface area contributed by atoms with Crippen molar-refractivity contribution in [3.8, 4) is 0 Å². The first-order valence-corrected chi connectivity index (χ1v) is 8.80. The van der Waals surface area contributed by atoms with E-state index in [0.717, 1.165) is 0 Å². The molecule has 0 rings (SSSR count). The van der Waals surface area contributed by atoms with Crippen molar-refractivity contribution < 1.29 is 0 Å². The topological polar surface area (TPSA) is 0 Å². The van der Waals surface area contributed by atoms with Crippen LogP contribution in [0.4, 0.5) is 0 Å². The van der Waals surface area contributed by atoms with Gasteiger partial charge in [-0.1, -0.05) is 41.4 Å². The van der Waals surface area contributed by atoms with Crippen LogP contribution in [0.5, 0.6) is 0 Å². The summed E-state index contributed by atoms with van der Waals surface area (Å²) >= 11 is 0. The molecule has 62 valence electrons. The largest absolute Gasteiger partial charge is 0.0852 e. The van der Waals surface area contributed by atoms with E-state index in [9.17, 15) is 0 Å². The molecular formula is C6H14S4. The summed E-state index contributed by atoms with van der Waals surface area (Å²) in [4.78, 5) is 0. The Morgan fingerprint density at radius 3 is 2.50 bits per heavy atom. The average molecular weight is 214 g/mol. The van der Waals surface area contributed by atoms with Crippen molar-refractivity contribution in [1.29, 1.82) is 0 Å². The van der Waals surface area contributed by atoms with Crippen molar-refractivity contribution in [2.24, 2.45) is 0 Å². The van der Waals surface area contributed by atoms with E-state index in [1.165, 1.54) is 25.0 Å². The predicted molar refractivity (Wildman–Crippen MR) is 60.7 cm³/mol. The number of rotatable bonds is 7. The zero-order valence-corrected chi connectivity index (χ0v) is 9.73. The van der Waals surface area contributed by atoms with Crippen molar-refractivity contribution in [3.05, 3.63) is 0 Å². The van der Waals surface area contributed by atoms with Crippen molar-refractivity contribution in [2.45, 2.75) is 26.2 Å². The third-order valence-corrected chi connectivity index (χ3v) is 7.17. The Bertz CT molecular complexity index is 49.7. The fourth-order valence-electron chi connectivity index (χ4n) is 0.492. The molecule has 0 heterocycles. The number of hydrogen-bond donors (Lipinski definition) is 0. The molecule has 4 heteroatoms. The summed E-state index contributed by atoms with van der Waals surface area (Å²) in [5.41, 5.74) is 0. The van der Waals surface area contributed by atoms with Crippen molar-refractivity contribution in [1.82, 2.24) is 0 Å². The van der Waals surface area contributed by atoms with Gasteiger partial charge in [-0.05, 0) is 32.3 Å². The van der Waals surface area contributed by atoms with Crippen molar-refractivity contribution in [2.75, 3.05) is 12.0 Å². The molecule has 10 heavy (non-hydrogen) atoms. The van der Waals surface area contributed by atoms with Crippen LogP contribution in [0.15, 0.2) is 0 Å². The molecule has 0 bridgehead atoms. The summed E-state index contributed by atoms with van der Waals surface area (Å²) in [6.07, 6.45) is 6.21. The van der Waals surface area contributed by atoms with Gasteiger partial charge in [0.1, 0.15) is 0 Å². The fraction of sp³-hybridized carbons (Fsp3) is 1.00. The fourth-order valence-corrected chi connectivity index (χ4v) is 5.85. The molecule has 0 aliphatic carbocycles. The zero-order valence-electron chi connectivity index (χ0n) is 6.46.